The Morgan fingerprint density at radius 3 is 2.65 bits per heavy atom. The third-order valence-electron chi connectivity index (χ3n) is 3.98. The fourth-order valence-corrected chi connectivity index (χ4v) is 2.23. The molecule has 0 aliphatic rings. The Bertz CT molecular complexity index is 441. The molecule has 0 saturated heterocycles. The lowest BCUT2D eigenvalue weighted by atomic mass is 9.93. The Kier molecular flexibility index (Phi) is 6.20. The van der Waals surface area contributed by atoms with Crippen molar-refractivity contribution in [2.75, 3.05) is 6.54 Å². The third-order valence-corrected chi connectivity index (χ3v) is 3.98. The number of amides is 1. The second-order valence-electron chi connectivity index (χ2n) is 5.69. The molecule has 1 aromatic heterocycles. The highest BCUT2D eigenvalue weighted by atomic mass is 16.1. The van der Waals surface area contributed by atoms with Gasteiger partial charge in [0.1, 0.15) is 0 Å². The van der Waals surface area contributed by atoms with Crippen LogP contribution in [0.2, 0.25) is 0 Å². The maximum absolute atomic E-state index is 11.6. The molecule has 20 heavy (non-hydrogen) atoms. The zero-order chi connectivity index (χ0) is 15.2. The molecule has 5 nitrogen and oxygen atoms in total. The van der Waals surface area contributed by atoms with E-state index in [0.29, 0.717) is 0 Å². The van der Waals surface area contributed by atoms with Crippen molar-refractivity contribution in [1.29, 1.82) is 0 Å². The Morgan fingerprint density at radius 1 is 1.45 bits per heavy atom. The predicted octanol–water partition coefficient (Wildman–Crippen LogP) is 1.91. The molecule has 0 bridgehead atoms. The van der Waals surface area contributed by atoms with Crippen LogP contribution in [-0.2, 0) is 11.3 Å². The molecule has 0 aliphatic carbocycles. The van der Waals surface area contributed by atoms with Crippen molar-refractivity contribution in [3.8, 4) is 0 Å². The van der Waals surface area contributed by atoms with Gasteiger partial charge in [-0.05, 0) is 53.0 Å². The normalized spacial score (nSPS) is 14.2. The number of hydrogen-bond acceptors (Lipinski definition) is 3. The smallest absolute Gasteiger partial charge is 0.237 e. The van der Waals surface area contributed by atoms with Crippen LogP contribution in [-0.4, -0.2) is 27.5 Å². The average Bonchev–Trinajstić information content (AvgIpc) is 2.73. The molecule has 0 fully saturated rings. The van der Waals surface area contributed by atoms with E-state index in [0.717, 1.165) is 44.5 Å². The number of carbonyl (C=O) groups is 1. The second kappa shape index (κ2) is 7.43. The van der Waals surface area contributed by atoms with Gasteiger partial charge in [-0.25, -0.2) is 4.98 Å². The Labute approximate surface area is 122 Å². The van der Waals surface area contributed by atoms with Gasteiger partial charge in [0.15, 0.2) is 0 Å². The van der Waals surface area contributed by atoms with Crippen molar-refractivity contribution in [3.63, 3.8) is 0 Å². The minimum atomic E-state index is -0.587. The summed E-state index contributed by atoms with van der Waals surface area (Å²) in [5.74, 6) is -0.263. The Balaban J connectivity index is 2.41. The van der Waals surface area contributed by atoms with Crippen molar-refractivity contribution in [1.82, 2.24) is 14.9 Å². The monoisotopic (exact) mass is 280 g/mol. The van der Waals surface area contributed by atoms with E-state index < -0.39 is 5.54 Å². The van der Waals surface area contributed by atoms with Crippen LogP contribution in [0.5, 0.6) is 0 Å². The van der Waals surface area contributed by atoms with E-state index in [1.54, 1.807) is 0 Å². The first-order chi connectivity index (χ1) is 9.40. The zero-order valence-corrected chi connectivity index (χ0v) is 13.2. The lowest BCUT2D eigenvalue weighted by molar-refractivity contribution is -0.124. The highest BCUT2D eigenvalue weighted by Gasteiger charge is 2.29. The summed E-state index contributed by atoms with van der Waals surface area (Å²) < 4.78 is 2.16. The van der Waals surface area contributed by atoms with Gasteiger partial charge in [-0.1, -0.05) is 6.92 Å². The minimum absolute atomic E-state index is 0.263. The van der Waals surface area contributed by atoms with E-state index in [9.17, 15) is 4.79 Å². The van der Waals surface area contributed by atoms with Gasteiger partial charge < -0.3 is 15.6 Å². The van der Waals surface area contributed by atoms with Crippen molar-refractivity contribution < 1.29 is 4.79 Å². The number of imidazole rings is 1. The first-order valence-electron chi connectivity index (χ1n) is 7.44. The highest BCUT2D eigenvalue weighted by Crippen LogP contribution is 2.15. The molecule has 1 unspecified atom stereocenters. The van der Waals surface area contributed by atoms with Gasteiger partial charge in [0, 0.05) is 12.2 Å². The molecule has 0 aromatic carbocycles. The fraction of sp³-hybridized carbons (Fsp3) is 0.733. The summed E-state index contributed by atoms with van der Waals surface area (Å²) in [7, 11) is 0. The van der Waals surface area contributed by atoms with Crippen molar-refractivity contribution >= 4 is 5.91 Å². The van der Waals surface area contributed by atoms with Gasteiger partial charge in [0.05, 0.1) is 17.6 Å². The van der Waals surface area contributed by atoms with Crippen LogP contribution >= 0.6 is 0 Å². The number of nitrogens with zero attached hydrogens (tertiary/aromatic N) is 2. The van der Waals surface area contributed by atoms with Crippen LogP contribution in [0, 0.1) is 13.8 Å². The number of aromatic nitrogens is 2. The van der Waals surface area contributed by atoms with E-state index >= 15 is 0 Å². The number of primary amides is 1. The Hall–Kier alpha value is -1.36. The second-order valence-corrected chi connectivity index (χ2v) is 5.69. The van der Waals surface area contributed by atoms with Gasteiger partial charge in [-0.3, -0.25) is 4.79 Å². The molecule has 5 heteroatoms. The van der Waals surface area contributed by atoms with Crippen LogP contribution in [0.15, 0.2) is 6.33 Å². The summed E-state index contributed by atoms with van der Waals surface area (Å²) in [6.45, 7) is 9.84. The molecular formula is C15H28N4O. The quantitative estimate of drug-likeness (QED) is 0.679. The van der Waals surface area contributed by atoms with Crippen LogP contribution < -0.4 is 11.1 Å². The fourth-order valence-electron chi connectivity index (χ4n) is 2.23. The van der Waals surface area contributed by atoms with Crippen LogP contribution in [0.3, 0.4) is 0 Å². The molecule has 0 saturated carbocycles. The van der Waals surface area contributed by atoms with Crippen molar-refractivity contribution in [2.24, 2.45) is 5.73 Å². The summed E-state index contributed by atoms with van der Waals surface area (Å²) in [4.78, 5) is 15.9. The number of nitrogens with two attached hydrogens (primary N) is 1. The van der Waals surface area contributed by atoms with E-state index in [1.807, 2.05) is 20.2 Å². The molecular weight excluding hydrogens is 252 g/mol. The number of carbonyl (C=O) groups excluding carboxylic acids is 1. The van der Waals surface area contributed by atoms with Crippen LogP contribution in [0.4, 0.5) is 0 Å². The summed E-state index contributed by atoms with van der Waals surface area (Å²) in [5, 5.41) is 3.27. The van der Waals surface area contributed by atoms with Crippen LogP contribution in [0.25, 0.3) is 0 Å². The summed E-state index contributed by atoms with van der Waals surface area (Å²) in [5.41, 5.74) is 7.22. The lowest BCUT2D eigenvalue weighted by Gasteiger charge is -2.27. The third kappa shape index (κ3) is 4.34. The predicted molar refractivity (Wildman–Crippen MR) is 81.4 cm³/mol. The molecule has 0 spiro atoms. The molecule has 1 rings (SSSR count). The van der Waals surface area contributed by atoms with Gasteiger partial charge >= 0.3 is 0 Å². The molecule has 3 N–H and O–H groups in total. The van der Waals surface area contributed by atoms with Gasteiger partial charge in [0.2, 0.25) is 5.91 Å². The number of unbranched alkanes of at least 4 members (excludes halogenated alkanes) is 1. The molecule has 0 aliphatic heterocycles. The first-order valence-corrected chi connectivity index (χ1v) is 7.44. The van der Waals surface area contributed by atoms with Crippen LogP contribution in [0.1, 0.15) is 50.9 Å². The van der Waals surface area contributed by atoms with Gasteiger partial charge in [-0.15, -0.1) is 0 Å². The minimum Gasteiger partial charge on any atom is -0.368 e. The van der Waals surface area contributed by atoms with Crippen molar-refractivity contribution in [3.05, 3.63) is 17.7 Å². The zero-order valence-electron chi connectivity index (χ0n) is 13.2. The number of rotatable bonds is 9. The average molecular weight is 280 g/mol. The van der Waals surface area contributed by atoms with E-state index in [1.165, 1.54) is 5.69 Å². The summed E-state index contributed by atoms with van der Waals surface area (Å²) >= 11 is 0. The van der Waals surface area contributed by atoms with Gasteiger partial charge in [0.25, 0.3) is 0 Å². The molecule has 0 radical (unpaired) electrons. The number of hydrogen-bond donors (Lipinski definition) is 2. The maximum Gasteiger partial charge on any atom is 0.237 e. The maximum atomic E-state index is 11.6. The topological polar surface area (TPSA) is 72.9 Å². The van der Waals surface area contributed by atoms with Crippen molar-refractivity contribution in [2.45, 2.75) is 65.5 Å². The largest absolute Gasteiger partial charge is 0.368 e. The SMILES string of the molecule is CCCNC(C)(CCCCn1cnc(C)c1C)C(N)=O. The summed E-state index contributed by atoms with van der Waals surface area (Å²) in [6, 6.07) is 0. The standard InChI is InChI=1S/C15H28N4O/c1-5-9-18-15(4,14(16)20)8-6-7-10-19-11-17-12(2)13(19)3/h11,18H,5-10H2,1-4H3,(H2,16,20). The molecule has 1 amide bonds. The van der Waals surface area contributed by atoms with E-state index in [2.05, 4.69) is 28.7 Å². The molecule has 114 valence electrons. The summed E-state index contributed by atoms with van der Waals surface area (Å²) in [6.07, 6.45) is 5.64. The molecule has 1 aromatic rings. The first kappa shape index (κ1) is 16.7. The molecule has 1 atom stereocenters. The van der Waals surface area contributed by atoms with E-state index in [-0.39, 0.29) is 5.91 Å². The van der Waals surface area contributed by atoms with E-state index in [4.69, 9.17) is 5.73 Å². The molecule has 1 heterocycles. The highest BCUT2D eigenvalue weighted by molar-refractivity contribution is 5.84. The lowest BCUT2D eigenvalue weighted by Crippen LogP contribution is -2.53. The Morgan fingerprint density at radius 2 is 2.15 bits per heavy atom. The number of nitrogens with one attached hydrogen (secondary N) is 1. The number of aryl methyl sites for hydroxylation is 2. The van der Waals surface area contributed by atoms with Gasteiger partial charge in [-0.2, -0.15) is 0 Å².